The van der Waals surface area contributed by atoms with E-state index in [0.29, 0.717) is 0 Å². The van der Waals surface area contributed by atoms with E-state index in [1.54, 1.807) is 11.1 Å². The lowest BCUT2D eigenvalue weighted by molar-refractivity contribution is -0.0988. The normalized spacial score (nSPS) is 40.4. The lowest BCUT2D eigenvalue weighted by Crippen LogP contribution is -2.45. The van der Waals surface area contributed by atoms with Crippen LogP contribution in [-0.4, -0.2) is 11.2 Å². The van der Waals surface area contributed by atoms with E-state index >= 15 is 0 Å². The van der Waals surface area contributed by atoms with Gasteiger partial charge in [-0.1, -0.05) is 18.9 Å². The molecule has 3 unspecified atom stereocenters. The Hall–Kier alpha value is -0.300. The van der Waals surface area contributed by atoms with E-state index in [1.165, 1.54) is 51.4 Å². The highest BCUT2D eigenvalue weighted by molar-refractivity contribution is 5.32. The molecular formula is C18H30O. The third kappa shape index (κ3) is 2.00. The fourth-order valence-corrected chi connectivity index (χ4v) is 5.03. The molecule has 1 nitrogen and oxygen atoms in total. The largest absolute Gasteiger partial charge is 0.364 e. The molecule has 1 saturated heterocycles. The lowest BCUT2D eigenvalue weighted by Gasteiger charge is -2.46. The maximum Gasteiger partial charge on any atom is 0.0933 e. The van der Waals surface area contributed by atoms with Crippen LogP contribution in [0.4, 0.5) is 0 Å². The Morgan fingerprint density at radius 3 is 2.63 bits per heavy atom. The third-order valence-electron chi connectivity index (χ3n) is 6.18. The average Bonchev–Trinajstić information content (AvgIpc) is 2.56. The zero-order chi connectivity index (χ0) is 13.7. The zero-order valence-electron chi connectivity index (χ0n) is 13.2. The molecule has 1 aliphatic heterocycles. The van der Waals surface area contributed by atoms with Gasteiger partial charge in [-0.2, -0.15) is 0 Å². The highest BCUT2D eigenvalue weighted by atomic mass is 16.5. The first-order valence-corrected chi connectivity index (χ1v) is 8.39. The van der Waals surface area contributed by atoms with Crippen molar-refractivity contribution in [1.29, 1.82) is 0 Å². The second-order valence-corrected chi connectivity index (χ2v) is 7.67. The van der Waals surface area contributed by atoms with Gasteiger partial charge in [-0.3, -0.25) is 0 Å². The molecule has 0 N–H and O–H groups in total. The molecule has 1 heterocycles. The quantitative estimate of drug-likeness (QED) is 0.631. The van der Waals surface area contributed by atoms with Crippen molar-refractivity contribution in [2.24, 2.45) is 11.8 Å². The molecule has 2 fully saturated rings. The molecule has 2 aliphatic carbocycles. The molecule has 0 radical (unpaired) electrons. The molecule has 2 bridgehead atoms. The molecule has 3 atom stereocenters. The van der Waals surface area contributed by atoms with Crippen molar-refractivity contribution in [3.63, 3.8) is 0 Å². The van der Waals surface area contributed by atoms with Crippen molar-refractivity contribution in [3.8, 4) is 0 Å². The summed E-state index contributed by atoms with van der Waals surface area (Å²) < 4.78 is 6.79. The highest BCUT2D eigenvalue weighted by Gasteiger charge is 2.59. The number of hydrogen-bond donors (Lipinski definition) is 0. The average molecular weight is 262 g/mol. The molecular weight excluding hydrogens is 232 g/mol. The number of rotatable bonds is 3. The van der Waals surface area contributed by atoms with Crippen LogP contribution < -0.4 is 0 Å². The van der Waals surface area contributed by atoms with Gasteiger partial charge >= 0.3 is 0 Å². The van der Waals surface area contributed by atoms with Crippen LogP contribution in [0.5, 0.6) is 0 Å². The summed E-state index contributed by atoms with van der Waals surface area (Å²) in [6.07, 6.45) is 10.7. The number of allylic oxidation sites excluding steroid dienone is 1. The summed E-state index contributed by atoms with van der Waals surface area (Å²) >= 11 is 0. The minimum absolute atomic E-state index is 0.101. The van der Waals surface area contributed by atoms with E-state index in [2.05, 4.69) is 27.7 Å². The number of fused-ring (bicyclic) bond motifs is 1. The van der Waals surface area contributed by atoms with E-state index < -0.39 is 0 Å². The van der Waals surface area contributed by atoms with Crippen LogP contribution in [0.15, 0.2) is 11.1 Å². The molecule has 1 heteroatoms. The topological polar surface area (TPSA) is 9.23 Å². The lowest BCUT2D eigenvalue weighted by atomic mass is 9.62. The van der Waals surface area contributed by atoms with Gasteiger partial charge in [-0.15, -0.1) is 0 Å². The first kappa shape index (κ1) is 13.7. The Balaban J connectivity index is 1.97. The predicted octanol–water partition coefficient (Wildman–Crippen LogP) is 5.25. The summed E-state index contributed by atoms with van der Waals surface area (Å²) in [7, 11) is 0. The molecule has 1 saturated carbocycles. The van der Waals surface area contributed by atoms with Gasteiger partial charge in [0.05, 0.1) is 11.2 Å². The van der Waals surface area contributed by atoms with Gasteiger partial charge < -0.3 is 4.74 Å². The van der Waals surface area contributed by atoms with Gasteiger partial charge in [0.1, 0.15) is 0 Å². The van der Waals surface area contributed by atoms with Gasteiger partial charge in [0.2, 0.25) is 0 Å². The van der Waals surface area contributed by atoms with Crippen molar-refractivity contribution >= 4 is 0 Å². The Labute approximate surface area is 118 Å². The smallest absolute Gasteiger partial charge is 0.0933 e. The molecule has 19 heavy (non-hydrogen) atoms. The molecule has 108 valence electrons. The number of unbranched alkanes of at least 4 members (excludes halogenated alkanes) is 1. The minimum atomic E-state index is 0.101. The fourth-order valence-electron chi connectivity index (χ4n) is 5.03. The summed E-state index contributed by atoms with van der Waals surface area (Å²) in [6.45, 7) is 9.33. The van der Waals surface area contributed by atoms with E-state index in [9.17, 15) is 0 Å². The third-order valence-corrected chi connectivity index (χ3v) is 6.18. The monoisotopic (exact) mass is 262 g/mol. The zero-order valence-corrected chi connectivity index (χ0v) is 13.2. The Bertz CT molecular complexity index is 392. The Morgan fingerprint density at radius 1 is 1.16 bits per heavy atom. The van der Waals surface area contributed by atoms with E-state index in [0.717, 1.165) is 11.8 Å². The Morgan fingerprint density at radius 2 is 1.89 bits per heavy atom. The van der Waals surface area contributed by atoms with Crippen molar-refractivity contribution < 1.29 is 4.74 Å². The second-order valence-electron chi connectivity index (χ2n) is 7.67. The van der Waals surface area contributed by atoms with Gasteiger partial charge in [-0.05, 0) is 83.1 Å². The van der Waals surface area contributed by atoms with Gasteiger partial charge in [0, 0.05) is 0 Å². The summed E-state index contributed by atoms with van der Waals surface area (Å²) in [6, 6.07) is 0. The molecule has 3 rings (SSSR count). The molecule has 0 aromatic heterocycles. The summed E-state index contributed by atoms with van der Waals surface area (Å²) in [4.78, 5) is 0. The van der Waals surface area contributed by atoms with Crippen LogP contribution >= 0.6 is 0 Å². The standard InChI is InChI=1S/C18H30O/c1-5-6-7-16-13(2)8-9-14-10-11-15-12-18(14,16)19-17(15,3)4/h14-15H,5-12H2,1-4H3. The van der Waals surface area contributed by atoms with Crippen LogP contribution in [0.2, 0.25) is 0 Å². The summed E-state index contributed by atoms with van der Waals surface area (Å²) in [5.74, 6) is 1.59. The van der Waals surface area contributed by atoms with E-state index in [-0.39, 0.29) is 11.2 Å². The van der Waals surface area contributed by atoms with Crippen molar-refractivity contribution in [2.45, 2.75) is 90.3 Å². The van der Waals surface area contributed by atoms with Crippen LogP contribution in [0, 0.1) is 11.8 Å². The molecule has 0 aromatic carbocycles. The van der Waals surface area contributed by atoms with Crippen LogP contribution in [-0.2, 0) is 4.74 Å². The maximum atomic E-state index is 6.79. The van der Waals surface area contributed by atoms with Crippen molar-refractivity contribution in [1.82, 2.24) is 0 Å². The van der Waals surface area contributed by atoms with Crippen LogP contribution in [0.1, 0.15) is 79.1 Å². The van der Waals surface area contributed by atoms with E-state index in [4.69, 9.17) is 4.74 Å². The second kappa shape index (κ2) is 4.62. The van der Waals surface area contributed by atoms with Gasteiger partial charge in [0.15, 0.2) is 0 Å². The summed E-state index contributed by atoms with van der Waals surface area (Å²) in [5.41, 5.74) is 3.61. The SMILES string of the molecule is CCCCC1=C(C)CCC2CCC3CC12OC3(C)C. The van der Waals surface area contributed by atoms with Gasteiger partial charge in [-0.25, -0.2) is 0 Å². The minimum Gasteiger partial charge on any atom is -0.364 e. The van der Waals surface area contributed by atoms with Crippen molar-refractivity contribution in [2.75, 3.05) is 0 Å². The first-order valence-electron chi connectivity index (χ1n) is 8.39. The number of hydrogen-bond acceptors (Lipinski definition) is 1. The molecule has 1 spiro atoms. The van der Waals surface area contributed by atoms with Crippen LogP contribution in [0.3, 0.4) is 0 Å². The van der Waals surface area contributed by atoms with Gasteiger partial charge in [0.25, 0.3) is 0 Å². The summed E-state index contributed by atoms with van der Waals surface area (Å²) in [5, 5.41) is 0. The molecule has 0 aromatic rings. The number of ether oxygens (including phenoxy) is 1. The molecule has 0 amide bonds. The van der Waals surface area contributed by atoms with Crippen LogP contribution in [0.25, 0.3) is 0 Å². The Kier molecular flexibility index (Phi) is 3.32. The maximum absolute atomic E-state index is 6.79. The predicted molar refractivity (Wildman–Crippen MR) is 80.2 cm³/mol. The molecule has 3 aliphatic rings. The first-order chi connectivity index (χ1) is 8.99. The van der Waals surface area contributed by atoms with Crippen molar-refractivity contribution in [3.05, 3.63) is 11.1 Å². The van der Waals surface area contributed by atoms with E-state index in [1.807, 2.05) is 0 Å². The highest BCUT2D eigenvalue weighted by Crippen LogP contribution is 2.60. The fraction of sp³-hybridized carbons (Fsp3) is 0.889.